The Labute approximate surface area is 182 Å². The first-order valence-corrected chi connectivity index (χ1v) is 9.95. The van der Waals surface area contributed by atoms with Crippen molar-refractivity contribution in [1.82, 2.24) is 5.43 Å². The number of nitrogens with one attached hydrogen (secondary N) is 2. The Morgan fingerprint density at radius 2 is 1.68 bits per heavy atom. The summed E-state index contributed by atoms with van der Waals surface area (Å²) in [5, 5.41) is 6.65. The average molecular weight is 415 g/mol. The highest BCUT2D eigenvalue weighted by molar-refractivity contribution is 6.04. The number of hydrogen-bond donors (Lipinski definition) is 2. The van der Waals surface area contributed by atoms with Gasteiger partial charge in [-0.1, -0.05) is 48.0 Å². The van der Waals surface area contributed by atoms with Gasteiger partial charge in [0.15, 0.2) is 0 Å². The van der Waals surface area contributed by atoms with Crippen LogP contribution in [0.5, 0.6) is 5.75 Å². The maximum Gasteiger partial charge on any atom is 0.249 e. The Morgan fingerprint density at radius 3 is 2.39 bits per heavy atom. The number of ether oxygens (including phenoxy) is 1. The molecule has 0 bridgehead atoms. The van der Waals surface area contributed by atoms with Crippen molar-refractivity contribution in [3.63, 3.8) is 0 Å². The molecule has 0 saturated heterocycles. The maximum absolute atomic E-state index is 12.1. The van der Waals surface area contributed by atoms with E-state index >= 15 is 0 Å². The van der Waals surface area contributed by atoms with E-state index in [2.05, 4.69) is 15.8 Å². The predicted octanol–water partition coefficient (Wildman–Crippen LogP) is 4.36. The van der Waals surface area contributed by atoms with E-state index in [1.807, 2.05) is 86.6 Å². The number of carbonyl (C=O) groups is 2. The van der Waals surface area contributed by atoms with Gasteiger partial charge in [0, 0.05) is 5.69 Å². The van der Waals surface area contributed by atoms with Gasteiger partial charge in [-0.15, -0.1) is 0 Å². The SMILES string of the molecule is Cc1ccc(NC(=O)CC(=O)NN=Cc2ccc(OCc3ccccc3)cc2)c(C)c1. The molecule has 0 radical (unpaired) electrons. The largest absolute Gasteiger partial charge is 0.489 e. The van der Waals surface area contributed by atoms with Crippen molar-refractivity contribution in [3.05, 3.63) is 95.1 Å². The number of carbonyl (C=O) groups excluding carboxylic acids is 2. The van der Waals surface area contributed by atoms with Gasteiger partial charge in [-0.25, -0.2) is 5.43 Å². The van der Waals surface area contributed by atoms with Crippen LogP contribution < -0.4 is 15.5 Å². The summed E-state index contributed by atoms with van der Waals surface area (Å²) in [4.78, 5) is 24.0. The third kappa shape index (κ3) is 7.12. The van der Waals surface area contributed by atoms with E-state index < -0.39 is 5.91 Å². The molecule has 0 aromatic heterocycles. The summed E-state index contributed by atoms with van der Waals surface area (Å²) in [6, 6.07) is 23.0. The lowest BCUT2D eigenvalue weighted by Gasteiger charge is -2.08. The average Bonchev–Trinajstić information content (AvgIpc) is 2.76. The minimum atomic E-state index is -0.485. The fourth-order valence-corrected chi connectivity index (χ4v) is 2.90. The van der Waals surface area contributed by atoms with Crippen molar-refractivity contribution < 1.29 is 14.3 Å². The monoisotopic (exact) mass is 415 g/mol. The Balaban J connectivity index is 1.43. The van der Waals surface area contributed by atoms with Gasteiger partial charge < -0.3 is 10.1 Å². The lowest BCUT2D eigenvalue weighted by atomic mass is 10.1. The number of rotatable bonds is 8. The van der Waals surface area contributed by atoms with Crippen LogP contribution in [-0.2, 0) is 16.2 Å². The number of nitrogens with zero attached hydrogens (tertiary/aromatic N) is 1. The van der Waals surface area contributed by atoms with Crippen LogP contribution in [0.25, 0.3) is 0 Å². The molecule has 6 heteroatoms. The van der Waals surface area contributed by atoms with Crippen molar-refractivity contribution >= 4 is 23.7 Å². The van der Waals surface area contributed by atoms with Gasteiger partial charge >= 0.3 is 0 Å². The summed E-state index contributed by atoms with van der Waals surface area (Å²) in [5.41, 5.74) is 7.02. The van der Waals surface area contributed by atoms with Crippen molar-refractivity contribution in [3.8, 4) is 5.75 Å². The Hall–Kier alpha value is -3.93. The zero-order valence-electron chi connectivity index (χ0n) is 17.6. The molecule has 3 aromatic rings. The lowest BCUT2D eigenvalue weighted by Crippen LogP contribution is -2.24. The molecule has 2 amide bonds. The zero-order valence-corrected chi connectivity index (χ0v) is 17.6. The third-order valence-electron chi connectivity index (χ3n) is 4.51. The van der Waals surface area contributed by atoms with Gasteiger partial charge in [-0.2, -0.15) is 5.10 Å². The minimum absolute atomic E-state index is 0.309. The first-order valence-electron chi connectivity index (χ1n) is 9.95. The van der Waals surface area contributed by atoms with Crippen molar-refractivity contribution in [2.24, 2.45) is 5.10 Å². The lowest BCUT2D eigenvalue weighted by molar-refractivity contribution is -0.126. The summed E-state index contributed by atoms with van der Waals surface area (Å²) in [5.74, 6) is -0.131. The molecule has 31 heavy (non-hydrogen) atoms. The number of aryl methyl sites for hydroxylation is 2. The highest BCUT2D eigenvalue weighted by Gasteiger charge is 2.10. The molecule has 0 spiro atoms. The molecule has 0 heterocycles. The van der Waals surface area contributed by atoms with E-state index in [0.717, 1.165) is 28.0 Å². The molecule has 2 N–H and O–H groups in total. The molecule has 0 aliphatic heterocycles. The first-order chi connectivity index (χ1) is 15.0. The normalized spacial score (nSPS) is 10.6. The van der Waals surface area contributed by atoms with Gasteiger partial charge in [0.1, 0.15) is 18.8 Å². The van der Waals surface area contributed by atoms with Crippen LogP contribution in [0.4, 0.5) is 5.69 Å². The summed E-state index contributed by atoms with van der Waals surface area (Å²) in [6.45, 7) is 4.38. The van der Waals surface area contributed by atoms with Gasteiger partial charge in [0.05, 0.1) is 6.21 Å². The van der Waals surface area contributed by atoms with E-state index in [1.54, 1.807) is 0 Å². The predicted molar refractivity (Wildman–Crippen MR) is 122 cm³/mol. The Bertz CT molecular complexity index is 1060. The second-order valence-electron chi connectivity index (χ2n) is 7.18. The summed E-state index contributed by atoms with van der Waals surface area (Å²) < 4.78 is 5.74. The van der Waals surface area contributed by atoms with Gasteiger partial charge in [-0.05, 0) is 60.9 Å². The molecule has 0 aliphatic carbocycles. The summed E-state index contributed by atoms with van der Waals surface area (Å²) in [6.07, 6.45) is 1.21. The van der Waals surface area contributed by atoms with Crippen molar-refractivity contribution in [2.45, 2.75) is 26.9 Å². The molecule has 0 unspecified atom stereocenters. The quantitative estimate of drug-likeness (QED) is 0.326. The van der Waals surface area contributed by atoms with Gasteiger partial charge in [-0.3, -0.25) is 9.59 Å². The van der Waals surface area contributed by atoms with Gasteiger partial charge in [0.2, 0.25) is 11.8 Å². The molecule has 3 aromatic carbocycles. The smallest absolute Gasteiger partial charge is 0.249 e. The second-order valence-corrected chi connectivity index (χ2v) is 7.18. The molecule has 0 aliphatic rings. The van der Waals surface area contributed by atoms with Crippen molar-refractivity contribution in [2.75, 3.05) is 5.32 Å². The van der Waals surface area contributed by atoms with Gasteiger partial charge in [0.25, 0.3) is 0 Å². The minimum Gasteiger partial charge on any atom is -0.489 e. The van der Waals surface area contributed by atoms with E-state index in [0.29, 0.717) is 12.3 Å². The number of hydrogen-bond acceptors (Lipinski definition) is 4. The highest BCUT2D eigenvalue weighted by Crippen LogP contribution is 2.16. The first kappa shape index (κ1) is 21.8. The molecule has 3 rings (SSSR count). The maximum atomic E-state index is 12.1. The number of benzene rings is 3. The second kappa shape index (κ2) is 10.7. The Kier molecular flexibility index (Phi) is 7.54. The number of amides is 2. The Morgan fingerprint density at radius 1 is 0.935 bits per heavy atom. The highest BCUT2D eigenvalue weighted by atomic mass is 16.5. The van der Waals surface area contributed by atoms with Crippen LogP contribution >= 0.6 is 0 Å². The third-order valence-corrected chi connectivity index (χ3v) is 4.51. The topological polar surface area (TPSA) is 79.8 Å². The molecular formula is C25H25N3O3. The number of hydrazone groups is 1. The standard InChI is InChI=1S/C25H25N3O3/c1-18-8-13-23(19(2)14-18)27-24(29)15-25(30)28-26-16-20-9-11-22(12-10-20)31-17-21-6-4-3-5-7-21/h3-14,16H,15,17H2,1-2H3,(H,27,29)(H,28,30). The van der Waals surface area contributed by atoms with Crippen LogP contribution in [0.1, 0.15) is 28.7 Å². The molecule has 6 nitrogen and oxygen atoms in total. The summed E-state index contributed by atoms with van der Waals surface area (Å²) in [7, 11) is 0. The van der Waals surface area contributed by atoms with Crippen LogP contribution in [0, 0.1) is 13.8 Å². The molecule has 0 fully saturated rings. The van der Waals surface area contributed by atoms with E-state index in [4.69, 9.17) is 4.74 Å². The van der Waals surface area contributed by atoms with Crippen LogP contribution in [0.15, 0.2) is 77.9 Å². The van der Waals surface area contributed by atoms with Crippen LogP contribution in [0.2, 0.25) is 0 Å². The molecule has 0 atom stereocenters. The fraction of sp³-hybridized carbons (Fsp3) is 0.160. The molecule has 158 valence electrons. The van der Waals surface area contributed by atoms with E-state index in [9.17, 15) is 9.59 Å². The van der Waals surface area contributed by atoms with E-state index in [1.165, 1.54) is 6.21 Å². The molecular weight excluding hydrogens is 390 g/mol. The molecule has 0 saturated carbocycles. The number of anilines is 1. The summed E-state index contributed by atoms with van der Waals surface area (Å²) >= 11 is 0. The van der Waals surface area contributed by atoms with Crippen molar-refractivity contribution in [1.29, 1.82) is 0 Å². The van der Waals surface area contributed by atoms with Crippen LogP contribution in [-0.4, -0.2) is 18.0 Å². The van der Waals surface area contributed by atoms with E-state index in [-0.39, 0.29) is 12.3 Å². The zero-order chi connectivity index (χ0) is 22.1. The van der Waals surface area contributed by atoms with Crippen LogP contribution in [0.3, 0.4) is 0 Å². The fourth-order valence-electron chi connectivity index (χ4n) is 2.90.